The van der Waals surface area contributed by atoms with Crippen LogP contribution in [0.3, 0.4) is 0 Å². The Morgan fingerprint density at radius 2 is 1.23 bits per heavy atom. The van der Waals surface area contributed by atoms with Crippen LogP contribution in [-0.4, -0.2) is 17.8 Å². The van der Waals surface area contributed by atoms with Gasteiger partial charge in [0.15, 0.2) is 0 Å². The van der Waals surface area contributed by atoms with Crippen molar-refractivity contribution in [3.63, 3.8) is 0 Å². The summed E-state index contributed by atoms with van der Waals surface area (Å²) in [5.41, 5.74) is -3.81. The highest BCUT2D eigenvalue weighted by atomic mass is 19.3. The number of furan rings is 2. The van der Waals surface area contributed by atoms with E-state index in [9.17, 15) is 0 Å². The molecule has 0 bridgehead atoms. The third-order valence-electron chi connectivity index (χ3n) is 6.74. The van der Waals surface area contributed by atoms with Gasteiger partial charge in [0.2, 0.25) is 0 Å². The molecule has 2 nitrogen and oxygen atoms in total. The first-order valence-electron chi connectivity index (χ1n) is 11.9. The van der Waals surface area contributed by atoms with Crippen LogP contribution in [0.2, 0.25) is 0 Å². The van der Waals surface area contributed by atoms with Crippen LogP contribution < -0.4 is 0 Å². The second-order valence-electron chi connectivity index (χ2n) is 9.19. The maximum Gasteiger partial charge on any atom is 0.380 e. The van der Waals surface area contributed by atoms with Crippen molar-refractivity contribution in [3.8, 4) is 0 Å². The Kier molecular flexibility index (Phi) is 6.05. The van der Waals surface area contributed by atoms with E-state index in [1.165, 1.54) is 67.6 Å². The smallest absolute Gasteiger partial charge is 0.380 e. The standard InChI is InChI=1S/C31H22F6O2/c1-5-11-17(3)27-23(19-13-7-9-15-21(19)38-27)25-26(30(34,35)31(36,37)29(25,32)33)24-20-14-8-10-16-22(20)39-28(24)18(4)12-6-2/h5-16H,1,4H2,2-3H3/b12-6-,17-11+. The summed E-state index contributed by atoms with van der Waals surface area (Å²) in [4.78, 5) is 0. The van der Waals surface area contributed by atoms with Crippen molar-refractivity contribution in [3.05, 3.63) is 109 Å². The highest BCUT2D eigenvalue weighted by Crippen LogP contribution is 2.67. The zero-order valence-corrected chi connectivity index (χ0v) is 20.9. The molecule has 0 amide bonds. The topological polar surface area (TPSA) is 26.3 Å². The number of alkyl halides is 6. The first kappa shape index (κ1) is 26.4. The molecule has 2 heterocycles. The van der Waals surface area contributed by atoms with E-state index in [-0.39, 0.29) is 44.6 Å². The molecule has 0 atom stereocenters. The summed E-state index contributed by atoms with van der Waals surface area (Å²) in [6, 6.07) is 11.7. The van der Waals surface area contributed by atoms with Gasteiger partial charge in [0.25, 0.3) is 0 Å². The molecule has 2 aromatic heterocycles. The monoisotopic (exact) mass is 540 g/mol. The predicted octanol–water partition coefficient (Wildman–Crippen LogP) is 10.2. The van der Waals surface area contributed by atoms with Gasteiger partial charge in [0.05, 0.1) is 0 Å². The van der Waals surface area contributed by atoms with Crippen molar-refractivity contribution in [2.45, 2.75) is 31.6 Å². The van der Waals surface area contributed by atoms with Gasteiger partial charge in [-0.2, -0.15) is 26.3 Å². The molecule has 1 aliphatic rings. The van der Waals surface area contributed by atoms with Crippen molar-refractivity contribution < 1.29 is 35.2 Å². The van der Waals surface area contributed by atoms with E-state index in [4.69, 9.17) is 8.83 Å². The molecule has 4 aromatic rings. The first-order chi connectivity index (χ1) is 18.4. The molecule has 0 spiro atoms. The number of halogens is 6. The summed E-state index contributed by atoms with van der Waals surface area (Å²) in [6.45, 7) is 10.5. The Bertz CT molecular complexity index is 1740. The van der Waals surface area contributed by atoms with Gasteiger partial charge >= 0.3 is 17.8 Å². The number of benzene rings is 2. The first-order valence-corrected chi connectivity index (χ1v) is 11.9. The molecular formula is C31H22F6O2. The van der Waals surface area contributed by atoms with Crippen LogP contribution in [0.1, 0.15) is 36.5 Å². The highest BCUT2D eigenvalue weighted by molar-refractivity contribution is 6.13. The lowest BCUT2D eigenvalue weighted by atomic mass is 9.89. The van der Waals surface area contributed by atoms with Gasteiger partial charge in [-0.05, 0) is 31.6 Å². The maximum absolute atomic E-state index is 15.9. The molecule has 0 saturated carbocycles. The molecule has 0 aliphatic heterocycles. The molecule has 0 fully saturated rings. The quantitative estimate of drug-likeness (QED) is 0.180. The zero-order chi connectivity index (χ0) is 28.3. The normalized spacial score (nSPS) is 18.5. The Morgan fingerprint density at radius 1 is 0.769 bits per heavy atom. The third-order valence-corrected chi connectivity index (χ3v) is 6.74. The lowest BCUT2D eigenvalue weighted by Gasteiger charge is -2.26. The number of hydrogen-bond donors (Lipinski definition) is 0. The van der Waals surface area contributed by atoms with Gasteiger partial charge in [-0.15, -0.1) is 0 Å². The number of rotatable bonds is 6. The molecule has 0 saturated heterocycles. The number of hydrogen-bond acceptors (Lipinski definition) is 2. The Morgan fingerprint density at radius 3 is 1.72 bits per heavy atom. The van der Waals surface area contributed by atoms with Gasteiger partial charge in [-0.3, -0.25) is 0 Å². The van der Waals surface area contributed by atoms with Crippen molar-refractivity contribution >= 4 is 44.2 Å². The van der Waals surface area contributed by atoms with E-state index in [1.54, 1.807) is 19.1 Å². The van der Waals surface area contributed by atoms with Crippen molar-refractivity contribution in [1.29, 1.82) is 0 Å². The fraction of sp³-hybridized carbons (Fsp3) is 0.161. The van der Waals surface area contributed by atoms with Gasteiger partial charge in [-0.25, -0.2) is 0 Å². The second kappa shape index (κ2) is 8.93. The maximum atomic E-state index is 15.9. The second-order valence-corrected chi connectivity index (χ2v) is 9.19. The summed E-state index contributed by atoms with van der Waals surface area (Å²) in [5, 5.41) is -0.0573. The number of para-hydroxylation sites is 2. The molecule has 2 aromatic carbocycles. The van der Waals surface area contributed by atoms with Crippen LogP contribution in [0.25, 0.3) is 44.2 Å². The molecule has 1 aliphatic carbocycles. The van der Waals surface area contributed by atoms with E-state index in [0.29, 0.717) is 0 Å². The van der Waals surface area contributed by atoms with Crippen molar-refractivity contribution in [2.24, 2.45) is 0 Å². The van der Waals surface area contributed by atoms with E-state index in [0.717, 1.165) is 0 Å². The minimum atomic E-state index is -5.77. The summed E-state index contributed by atoms with van der Waals surface area (Å²) in [6.07, 6.45) is 5.72. The van der Waals surface area contributed by atoms with E-state index in [1.807, 2.05) is 0 Å². The summed E-state index contributed by atoms with van der Waals surface area (Å²) in [7, 11) is 0. The molecule has 0 radical (unpaired) electrons. The lowest BCUT2D eigenvalue weighted by Crippen LogP contribution is -2.49. The molecule has 0 N–H and O–H groups in total. The predicted molar refractivity (Wildman–Crippen MR) is 142 cm³/mol. The Labute approximate surface area is 219 Å². The van der Waals surface area contributed by atoms with Gasteiger partial charge < -0.3 is 8.83 Å². The molecule has 8 heteroatoms. The third kappa shape index (κ3) is 3.57. The highest BCUT2D eigenvalue weighted by Gasteiger charge is 2.81. The van der Waals surface area contributed by atoms with Crippen molar-refractivity contribution in [1.82, 2.24) is 0 Å². The molecule has 5 rings (SSSR count). The average Bonchev–Trinajstić information content (AvgIpc) is 3.48. The molecular weight excluding hydrogens is 518 g/mol. The van der Waals surface area contributed by atoms with Crippen LogP contribution in [0.5, 0.6) is 0 Å². The lowest BCUT2D eigenvalue weighted by molar-refractivity contribution is -0.254. The molecule has 39 heavy (non-hydrogen) atoms. The van der Waals surface area contributed by atoms with Crippen LogP contribution in [0, 0.1) is 0 Å². The number of fused-ring (bicyclic) bond motifs is 2. The van der Waals surface area contributed by atoms with Gasteiger partial charge in [0, 0.05) is 38.6 Å². The summed E-state index contributed by atoms with van der Waals surface area (Å²) < 4.78 is 106. The fourth-order valence-corrected chi connectivity index (χ4v) is 5.01. The fourth-order valence-electron chi connectivity index (χ4n) is 5.01. The van der Waals surface area contributed by atoms with Crippen LogP contribution in [-0.2, 0) is 0 Å². The van der Waals surface area contributed by atoms with Crippen molar-refractivity contribution in [2.75, 3.05) is 0 Å². The van der Waals surface area contributed by atoms with E-state index in [2.05, 4.69) is 13.2 Å². The average molecular weight is 541 g/mol. The minimum Gasteiger partial charge on any atom is -0.456 e. The van der Waals surface area contributed by atoms with E-state index < -0.39 is 40.0 Å². The van der Waals surface area contributed by atoms with Crippen LogP contribution >= 0.6 is 0 Å². The van der Waals surface area contributed by atoms with Gasteiger partial charge in [-0.1, -0.05) is 73.9 Å². The molecule has 0 unspecified atom stereocenters. The summed E-state index contributed by atoms with van der Waals surface area (Å²) in [5.74, 6) is -16.9. The van der Waals surface area contributed by atoms with Gasteiger partial charge in [0.1, 0.15) is 22.7 Å². The van der Waals surface area contributed by atoms with Crippen LogP contribution in [0.4, 0.5) is 26.3 Å². The van der Waals surface area contributed by atoms with Crippen LogP contribution in [0.15, 0.2) is 94.8 Å². The summed E-state index contributed by atoms with van der Waals surface area (Å²) >= 11 is 0. The number of allylic oxidation sites excluding steroid dienone is 8. The van der Waals surface area contributed by atoms with E-state index >= 15 is 26.3 Å². The zero-order valence-electron chi connectivity index (χ0n) is 20.9. The Balaban J connectivity index is 2.05. The SMILES string of the molecule is C=C/C=C(\C)c1oc2ccccc2c1C1=C(c2c(C(=C)/C=C\C)oc3ccccc23)C(F)(F)C(F)(F)C1(F)F. The largest absolute Gasteiger partial charge is 0.456 e. The Hall–Kier alpha value is -4.20. The minimum absolute atomic E-state index is 0.0216. The molecule has 200 valence electrons.